The molecule has 3 rings (SSSR count). The van der Waals surface area contributed by atoms with Crippen LogP contribution in [0.5, 0.6) is 5.75 Å². The number of morpholine rings is 1. The van der Waals surface area contributed by atoms with Crippen molar-refractivity contribution in [1.29, 1.82) is 0 Å². The first-order chi connectivity index (χ1) is 15.2. The van der Waals surface area contributed by atoms with Crippen molar-refractivity contribution < 1.29 is 9.47 Å². The molecule has 6 nitrogen and oxygen atoms in total. The van der Waals surface area contributed by atoms with Gasteiger partial charge in [-0.1, -0.05) is 36.4 Å². The van der Waals surface area contributed by atoms with Gasteiger partial charge in [-0.2, -0.15) is 0 Å². The van der Waals surface area contributed by atoms with E-state index >= 15 is 0 Å². The van der Waals surface area contributed by atoms with Gasteiger partial charge in [-0.3, -0.25) is 4.90 Å². The number of aliphatic imine (C=N–C) groups is 1. The van der Waals surface area contributed by atoms with E-state index < -0.39 is 0 Å². The molecule has 0 spiro atoms. The molecule has 7 heteroatoms. The van der Waals surface area contributed by atoms with Crippen molar-refractivity contribution in [2.24, 2.45) is 4.99 Å². The number of methoxy groups -OCH3 is 1. The minimum absolute atomic E-state index is 0. The van der Waals surface area contributed by atoms with Gasteiger partial charge in [-0.25, -0.2) is 4.99 Å². The highest BCUT2D eigenvalue weighted by molar-refractivity contribution is 14.0. The van der Waals surface area contributed by atoms with Crippen molar-refractivity contribution >= 4 is 29.9 Å². The van der Waals surface area contributed by atoms with Gasteiger partial charge in [0.15, 0.2) is 5.96 Å². The van der Waals surface area contributed by atoms with E-state index in [0.717, 1.165) is 69.6 Å². The summed E-state index contributed by atoms with van der Waals surface area (Å²) in [7, 11) is 1.72. The number of rotatable bonds is 9. The zero-order valence-electron chi connectivity index (χ0n) is 19.5. The summed E-state index contributed by atoms with van der Waals surface area (Å²) < 4.78 is 10.9. The van der Waals surface area contributed by atoms with Crippen molar-refractivity contribution in [3.63, 3.8) is 0 Å². The Morgan fingerprint density at radius 1 is 1.03 bits per heavy atom. The molecule has 1 heterocycles. The fourth-order valence-electron chi connectivity index (χ4n) is 3.62. The van der Waals surface area contributed by atoms with E-state index in [1.54, 1.807) is 7.11 Å². The molecule has 1 saturated heterocycles. The molecule has 0 radical (unpaired) electrons. The molecule has 1 aliphatic heterocycles. The van der Waals surface area contributed by atoms with Gasteiger partial charge in [0.1, 0.15) is 5.75 Å². The lowest BCUT2D eigenvalue weighted by molar-refractivity contribution is 0.0342. The van der Waals surface area contributed by atoms with Crippen LogP contribution in [0, 0.1) is 6.92 Å². The number of halogens is 1. The minimum atomic E-state index is 0. The number of aryl methyl sites for hydroxylation is 1. The maximum absolute atomic E-state index is 5.43. The first-order valence-electron chi connectivity index (χ1n) is 11.2. The van der Waals surface area contributed by atoms with Crippen LogP contribution in [-0.2, 0) is 24.2 Å². The zero-order valence-corrected chi connectivity index (χ0v) is 21.9. The van der Waals surface area contributed by atoms with Crippen LogP contribution in [0.15, 0.2) is 47.5 Å². The molecule has 1 aliphatic rings. The quantitative estimate of drug-likeness (QED) is 0.282. The topological polar surface area (TPSA) is 58.1 Å². The monoisotopic (exact) mass is 552 g/mol. The molecule has 2 N–H and O–H groups in total. The van der Waals surface area contributed by atoms with E-state index in [1.165, 1.54) is 16.7 Å². The Labute approximate surface area is 209 Å². The smallest absolute Gasteiger partial charge is 0.191 e. The molecule has 0 saturated carbocycles. The average Bonchev–Trinajstić information content (AvgIpc) is 2.80. The van der Waals surface area contributed by atoms with Crippen LogP contribution >= 0.6 is 24.0 Å². The fourth-order valence-corrected chi connectivity index (χ4v) is 3.62. The summed E-state index contributed by atoms with van der Waals surface area (Å²) in [5, 5.41) is 6.77. The molecule has 0 bridgehead atoms. The Morgan fingerprint density at radius 3 is 2.41 bits per heavy atom. The first-order valence-corrected chi connectivity index (χ1v) is 11.2. The second-order valence-electron chi connectivity index (χ2n) is 7.88. The molecular formula is C25H37IN4O2. The standard InChI is InChI=1S/C25H36N4O2.HI/c1-4-26-25(27-12-11-21-6-5-20(2)24(17-21)30-3)28-18-22-7-9-23(10-8-22)19-29-13-15-31-16-14-29;/h5-10,17H,4,11-16,18-19H2,1-3H3,(H2,26,27,28);1H. The van der Waals surface area contributed by atoms with E-state index in [9.17, 15) is 0 Å². The molecule has 1 fully saturated rings. The van der Waals surface area contributed by atoms with Gasteiger partial charge in [0.05, 0.1) is 26.9 Å². The number of ether oxygens (including phenoxy) is 2. The van der Waals surface area contributed by atoms with Crippen molar-refractivity contribution in [3.05, 3.63) is 64.7 Å². The lowest BCUT2D eigenvalue weighted by Gasteiger charge is -2.26. The SMILES string of the molecule is CCNC(=NCc1ccc(CN2CCOCC2)cc1)NCCc1ccc(C)c(OC)c1.I. The van der Waals surface area contributed by atoms with Crippen molar-refractivity contribution in [2.45, 2.75) is 33.4 Å². The van der Waals surface area contributed by atoms with Crippen molar-refractivity contribution in [3.8, 4) is 5.75 Å². The molecule has 2 aromatic carbocycles. The number of nitrogens with one attached hydrogen (secondary N) is 2. The van der Waals surface area contributed by atoms with Crippen molar-refractivity contribution in [2.75, 3.05) is 46.5 Å². The molecule has 0 atom stereocenters. The highest BCUT2D eigenvalue weighted by Gasteiger charge is 2.10. The summed E-state index contributed by atoms with van der Waals surface area (Å²) in [5.41, 5.74) is 4.96. The predicted molar refractivity (Wildman–Crippen MR) is 142 cm³/mol. The number of guanidine groups is 1. The molecule has 0 amide bonds. The lowest BCUT2D eigenvalue weighted by atomic mass is 10.1. The average molecular weight is 553 g/mol. The van der Waals surface area contributed by atoms with Crippen LogP contribution < -0.4 is 15.4 Å². The van der Waals surface area contributed by atoms with Gasteiger partial charge >= 0.3 is 0 Å². The normalized spacial score (nSPS) is 14.5. The summed E-state index contributed by atoms with van der Waals surface area (Å²) in [4.78, 5) is 7.19. The van der Waals surface area contributed by atoms with E-state index in [2.05, 4.69) is 71.8 Å². The maximum atomic E-state index is 5.43. The maximum Gasteiger partial charge on any atom is 0.191 e. The summed E-state index contributed by atoms with van der Waals surface area (Å²) in [5.74, 6) is 1.79. The zero-order chi connectivity index (χ0) is 21.9. The molecule has 0 aromatic heterocycles. The van der Waals surface area contributed by atoms with Crippen LogP contribution in [0.25, 0.3) is 0 Å². The van der Waals surface area contributed by atoms with Gasteiger partial charge in [-0.15, -0.1) is 24.0 Å². The summed E-state index contributed by atoms with van der Waals surface area (Å²) in [6.45, 7) is 11.1. The third kappa shape index (κ3) is 8.60. The minimum Gasteiger partial charge on any atom is -0.496 e. The number of nitrogens with zero attached hydrogens (tertiary/aromatic N) is 2. The van der Waals surface area contributed by atoms with Gasteiger partial charge in [0.25, 0.3) is 0 Å². The van der Waals surface area contributed by atoms with Crippen LogP contribution in [0.4, 0.5) is 0 Å². The molecule has 2 aromatic rings. The highest BCUT2D eigenvalue weighted by Crippen LogP contribution is 2.19. The number of hydrogen-bond donors (Lipinski definition) is 2. The van der Waals surface area contributed by atoms with E-state index in [0.29, 0.717) is 6.54 Å². The molecule has 32 heavy (non-hydrogen) atoms. The van der Waals surface area contributed by atoms with Gasteiger partial charge in [-0.05, 0) is 48.6 Å². The Morgan fingerprint density at radius 2 is 1.72 bits per heavy atom. The van der Waals surface area contributed by atoms with Crippen LogP contribution in [0.3, 0.4) is 0 Å². The largest absolute Gasteiger partial charge is 0.496 e. The molecule has 0 unspecified atom stereocenters. The molecule has 176 valence electrons. The summed E-state index contributed by atoms with van der Waals surface area (Å²) in [6, 6.07) is 15.2. The van der Waals surface area contributed by atoms with Crippen LogP contribution in [0.1, 0.15) is 29.2 Å². The van der Waals surface area contributed by atoms with Gasteiger partial charge < -0.3 is 20.1 Å². The van der Waals surface area contributed by atoms with Crippen LogP contribution in [0.2, 0.25) is 0 Å². The second-order valence-corrected chi connectivity index (χ2v) is 7.88. The van der Waals surface area contributed by atoms with E-state index in [1.807, 2.05) is 0 Å². The third-order valence-electron chi connectivity index (χ3n) is 5.48. The lowest BCUT2D eigenvalue weighted by Crippen LogP contribution is -2.38. The number of benzene rings is 2. The third-order valence-corrected chi connectivity index (χ3v) is 5.48. The highest BCUT2D eigenvalue weighted by atomic mass is 127. The Hall–Kier alpha value is -1.84. The first kappa shape index (κ1) is 26.4. The summed E-state index contributed by atoms with van der Waals surface area (Å²) in [6.07, 6.45) is 0.914. The Balaban J connectivity index is 0.00000363. The molecule has 0 aliphatic carbocycles. The predicted octanol–water partition coefficient (Wildman–Crippen LogP) is 3.75. The van der Waals surface area contributed by atoms with E-state index in [4.69, 9.17) is 14.5 Å². The Kier molecular flexibility index (Phi) is 11.8. The van der Waals surface area contributed by atoms with Gasteiger partial charge in [0, 0.05) is 32.7 Å². The van der Waals surface area contributed by atoms with E-state index in [-0.39, 0.29) is 24.0 Å². The second kappa shape index (κ2) is 14.3. The van der Waals surface area contributed by atoms with Crippen LogP contribution in [-0.4, -0.2) is 57.4 Å². The summed E-state index contributed by atoms with van der Waals surface area (Å²) >= 11 is 0. The number of hydrogen-bond acceptors (Lipinski definition) is 4. The van der Waals surface area contributed by atoms with Crippen molar-refractivity contribution in [1.82, 2.24) is 15.5 Å². The van der Waals surface area contributed by atoms with Gasteiger partial charge in [0.2, 0.25) is 0 Å². The Bertz CT molecular complexity index is 836. The molecular weight excluding hydrogens is 515 g/mol. The fraction of sp³-hybridized carbons (Fsp3) is 0.480.